The van der Waals surface area contributed by atoms with Crippen molar-refractivity contribution in [2.45, 2.75) is 19.3 Å². The number of carbonyl (C=O) groups excluding carboxylic acids is 1. The fourth-order valence-corrected chi connectivity index (χ4v) is 1.84. The van der Waals surface area contributed by atoms with Crippen LogP contribution in [0, 0.1) is 0 Å². The number of ether oxygens (including phenoxy) is 1. The average Bonchev–Trinajstić information content (AvgIpc) is 2.71. The van der Waals surface area contributed by atoms with Crippen LogP contribution in [0.25, 0.3) is 11.0 Å². The van der Waals surface area contributed by atoms with Crippen molar-refractivity contribution in [3.05, 3.63) is 30.0 Å². The minimum absolute atomic E-state index is 0.264. The first-order chi connectivity index (χ1) is 8.20. The van der Waals surface area contributed by atoms with E-state index in [9.17, 15) is 4.79 Å². The number of hydrogen-bond donors (Lipinski definition) is 1. The van der Waals surface area contributed by atoms with Crippen LogP contribution in [0.4, 0.5) is 0 Å². The lowest BCUT2D eigenvalue weighted by Crippen LogP contribution is -2.10. The summed E-state index contributed by atoms with van der Waals surface area (Å²) in [5.74, 6) is 0.509. The van der Waals surface area contributed by atoms with Gasteiger partial charge in [0.25, 0.3) is 0 Å². The molecule has 0 spiro atoms. The van der Waals surface area contributed by atoms with Crippen molar-refractivity contribution in [3.8, 4) is 5.75 Å². The van der Waals surface area contributed by atoms with Crippen molar-refractivity contribution < 1.29 is 13.9 Å². The molecule has 2 N–H and O–H groups in total. The van der Waals surface area contributed by atoms with Crippen LogP contribution in [0.3, 0.4) is 0 Å². The molecule has 4 heteroatoms. The van der Waals surface area contributed by atoms with Crippen molar-refractivity contribution in [1.82, 2.24) is 0 Å². The van der Waals surface area contributed by atoms with E-state index in [1.807, 2.05) is 18.2 Å². The van der Waals surface area contributed by atoms with E-state index < -0.39 is 0 Å². The second kappa shape index (κ2) is 4.91. The van der Waals surface area contributed by atoms with Crippen LogP contribution >= 0.6 is 0 Å². The highest BCUT2D eigenvalue weighted by Gasteiger charge is 2.07. The summed E-state index contributed by atoms with van der Waals surface area (Å²) in [6, 6.07) is 5.72. The molecular formula is C13H15NO3. The highest BCUT2D eigenvalue weighted by molar-refractivity contribution is 5.82. The van der Waals surface area contributed by atoms with Gasteiger partial charge >= 0.3 is 0 Å². The van der Waals surface area contributed by atoms with Crippen LogP contribution in [0.5, 0.6) is 5.75 Å². The molecule has 0 saturated carbocycles. The third-order valence-electron chi connectivity index (χ3n) is 2.73. The molecule has 4 nitrogen and oxygen atoms in total. The summed E-state index contributed by atoms with van der Waals surface area (Å²) in [4.78, 5) is 10.7. The lowest BCUT2D eigenvalue weighted by molar-refractivity contribution is -0.118. The smallest absolute Gasteiger partial charge is 0.217 e. The Morgan fingerprint density at radius 2 is 2.29 bits per heavy atom. The lowest BCUT2D eigenvalue weighted by atomic mass is 10.1. The van der Waals surface area contributed by atoms with E-state index in [0.717, 1.165) is 35.1 Å². The summed E-state index contributed by atoms with van der Waals surface area (Å²) >= 11 is 0. The standard InChI is InChI=1S/C13H15NO3/c1-16-10-5-6-11-9(3-2-4-13(14)15)8-17-12(11)7-10/h5-8H,2-4H2,1H3,(H2,14,15). The zero-order valence-electron chi connectivity index (χ0n) is 9.73. The summed E-state index contributed by atoms with van der Waals surface area (Å²) in [6.07, 6.45) is 3.67. The molecule has 90 valence electrons. The third-order valence-corrected chi connectivity index (χ3v) is 2.73. The first-order valence-corrected chi connectivity index (χ1v) is 5.53. The van der Waals surface area contributed by atoms with Crippen LogP contribution < -0.4 is 10.5 Å². The minimum Gasteiger partial charge on any atom is -0.497 e. The highest BCUT2D eigenvalue weighted by atomic mass is 16.5. The van der Waals surface area contributed by atoms with Gasteiger partial charge in [0.2, 0.25) is 5.91 Å². The van der Waals surface area contributed by atoms with Gasteiger partial charge in [-0.25, -0.2) is 0 Å². The van der Waals surface area contributed by atoms with E-state index in [1.165, 1.54) is 0 Å². The van der Waals surface area contributed by atoms with Crippen LogP contribution in [-0.4, -0.2) is 13.0 Å². The van der Waals surface area contributed by atoms with Gasteiger partial charge in [-0.2, -0.15) is 0 Å². The van der Waals surface area contributed by atoms with Gasteiger partial charge in [-0.15, -0.1) is 0 Å². The summed E-state index contributed by atoms with van der Waals surface area (Å²) < 4.78 is 10.6. The fourth-order valence-electron chi connectivity index (χ4n) is 1.84. The number of rotatable bonds is 5. The van der Waals surface area contributed by atoms with E-state index in [2.05, 4.69) is 0 Å². The Bertz CT molecular complexity index is 530. The largest absolute Gasteiger partial charge is 0.497 e. The maximum absolute atomic E-state index is 10.7. The van der Waals surface area contributed by atoms with Gasteiger partial charge in [-0.1, -0.05) is 0 Å². The van der Waals surface area contributed by atoms with Crippen molar-refractivity contribution >= 4 is 16.9 Å². The highest BCUT2D eigenvalue weighted by Crippen LogP contribution is 2.26. The molecule has 2 aromatic rings. The lowest BCUT2D eigenvalue weighted by Gasteiger charge is -1.99. The molecule has 1 heterocycles. The van der Waals surface area contributed by atoms with Crippen molar-refractivity contribution in [1.29, 1.82) is 0 Å². The number of carbonyl (C=O) groups is 1. The molecule has 0 unspecified atom stereocenters. The van der Waals surface area contributed by atoms with Crippen LogP contribution in [0.2, 0.25) is 0 Å². The zero-order chi connectivity index (χ0) is 12.3. The SMILES string of the molecule is COc1ccc2c(CCCC(N)=O)coc2c1. The van der Waals surface area contributed by atoms with E-state index >= 15 is 0 Å². The molecule has 1 amide bonds. The van der Waals surface area contributed by atoms with Crippen molar-refractivity contribution in [3.63, 3.8) is 0 Å². The van der Waals surface area contributed by atoms with Crippen molar-refractivity contribution in [2.24, 2.45) is 5.73 Å². The Hall–Kier alpha value is -1.97. The van der Waals surface area contributed by atoms with Crippen LogP contribution in [0.1, 0.15) is 18.4 Å². The molecule has 0 aliphatic heterocycles. The van der Waals surface area contributed by atoms with Crippen LogP contribution in [0.15, 0.2) is 28.9 Å². The molecule has 1 aromatic carbocycles. The van der Waals surface area contributed by atoms with Gasteiger partial charge in [0.05, 0.1) is 13.4 Å². The number of aryl methyl sites for hydroxylation is 1. The second-order valence-electron chi connectivity index (χ2n) is 3.94. The molecule has 0 atom stereocenters. The summed E-state index contributed by atoms with van der Waals surface area (Å²) in [6.45, 7) is 0. The number of fused-ring (bicyclic) bond motifs is 1. The number of methoxy groups -OCH3 is 1. The molecule has 0 radical (unpaired) electrons. The number of nitrogens with two attached hydrogens (primary N) is 1. The Kier molecular flexibility index (Phi) is 3.32. The number of furan rings is 1. The van der Waals surface area contributed by atoms with Gasteiger partial charge in [0, 0.05) is 17.9 Å². The van der Waals surface area contributed by atoms with Gasteiger partial charge in [0.1, 0.15) is 11.3 Å². The number of primary amides is 1. The molecule has 2 rings (SSSR count). The molecule has 0 aliphatic carbocycles. The van der Waals surface area contributed by atoms with Gasteiger partial charge in [-0.05, 0) is 30.5 Å². The first-order valence-electron chi connectivity index (χ1n) is 5.53. The van der Waals surface area contributed by atoms with E-state index in [4.69, 9.17) is 14.9 Å². The van der Waals surface area contributed by atoms with E-state index in [-0.39, 0.29) is 5.91 Å². The second-order valence-corrected chi connectivity index (χ2v) is 3.94. The molecule has 1 aromatic heterocycles. The monoisotopic (exact) mass is 233 g/mol. The average molecular weight is 233 g/mol. The predicted octanol–water partition coefficient (Wildman–Crippen LogP) is 2.25. The quantitative estimate of drug-likeness (QED) is 0.861. The van der Waals surface area contributed by atoms with Crippen molar-refractivity contribution in [2.75, 3.05) is 7.11 Å². The summed E-state index contributed by atoms with van der Waals surface area (Å²) in [5.41, 5.74) is 7.01. The number of benzene rings is 1. The van der Waals surface area contributed by atoms with Gasteiger partial charge in [0.15, 0.2) is 0 Å². The Labute approximate surface area is 99.3 Å². The first kappa shape index (κ1) is 11.5. The fraction of sp³-hybridized carbons (Fsp3) is 0.308. The van der Waals surface area contributed by atoms with E-state index in [0.29, 0.717) is 6.42 Å². The van der Waals surface area contributed by atoms with E-state index in [1.54, 1.807) is 13.4 Å². The molecule has 0 bridgehead atoms. The molecule has 0 aliphatic rings. The summed E-state index contributed by atoms with van der Waals surface area (Å²) in [7, 11) is 1.62. The molecular weight excluding hydrogens is 218 g/mol. The topological polar surface area (TPSA) is 65.5 Å². The maximum Gasteiger partial charge on any atom is 0.217 e. The predicted molar refractivity (Wildman–Crippen MR) is 64.9 cm³/mol. The van der Waals surface area contributed by atoms with Gasteiger partial charge in [-0.3, -0.25) is 4.79 Å². The molecule has 0 fully saturated rings. The Balaban J connectivity index is 2.16. The number of hydrogen-bond acceptors (Lipinski definition) is 3. The maximum atomic E-state index is 10.7. The number of amides is 1. The zero-order valence-corrected chi connectivity index (χ0v) is 9.73. The Morgan fingerprint density at radius 3 is 3.00 bits per heavy atom. The third kappa shape index (κ3) is 2.58. The summed E-state index contributed by atoms with van der Waals surface area (Å²) in [5, 5.41) is 1.07. The molecule has 0 saturated heterocycles. The van der Waals surface area contributed by atoms with Gasteiger partial charge < -0.3 is 14.9 Å². The van der Waals surface area contributed by atoms with Crippen LogP contribution in [-0.2, 0) is 11.2 Å². The Morgan fingerprint density at radius 1 is 1.47 bits per heavy atom. The molecule has 17 heavy (non-hydrogen) atoms. The normalized spacial score (nSPS) is 10.6. The minimum atomic E-state index is -0.264.